The van der Waals surface area contributed by atoms with Crippen LogP contribution in [0.3, 0.4) is 0 Å². The van der Waals surface area contributed by atoms with E-state index in [1.807, 2.05) is 6.07 Å². The van der Waals surface area contributed by atoms with Crippen LogP contribution in [0.5, 0.6) is 0 Å². The number of hydrogen-bond donors (Lipinski definition) is 2. The van der Waals surface area contributed by atoms with Gasteiger partial charge in [0.15, 0.2) is 5.13 Å². The lowest BCUT2D eigenvalue weighted by molar-refractivity contribution is -0.136. The predicted octanol–water partition coefficient (Wildman–Crippen LogP) is 2.83. The molecule has 0 saturated heterocycles. The summed E-state index contributed by atoms with van der Waals surface area (Å²) < 4.78 is 0. The molecule has 0 radical (unpaired) electrons. The van der Waals surface area contributed by atoms with E-state index in [2.05, 4.69) is 22.4 Å². The number of fused-ring (bicyclic) bond motifs is 1. The Hall–Kier alpha value is -2.21. The number of aliphatic carboxylic acids is 1. The van der Waals surface area contributed by atoms with Gasteiger partial charge in [0.25, 0.3) is 0 Å². The van der Waals surface area contributed by atoms with Crippen molar-refractivity contribution in [2.45, 2.75) is 38.5 Å². The summed E-state index contributed by atoms with van der Waals surface area (Å²) in [6.07, 6.45) is 4.87. The number of aromatic nitrogens is 1. The first-order valence-corrected chi connectivity index (χ1v) is 8.55. The van der Waals surface area contributed by atoms with Crippen LogP contribution in [0.1, 0.15) is 35.2 Å². The number of benzene rings is 1. The van der Waals surface area contributed by atoms with Gasteiger partial charge in [0.05, 0.1) is 18.5 Å². The molecule has 1 heterocycles. The second kappa shape index (κ2) is 6.91. The number of thiazole rings is 1. The van der Waals surface area contributed by atoms with Gasteiger partial charge in [0, 0.05) is 5.38 Å². The van der Waals surface area contributed by atoms with Crippen molar-refractivity contribution in [3.05, 3.63) is 46.0 Å². The molecule has 1 amide bonds. The summed E-state index contributed by atoms with van der Waals surface area (Å²) in [5.74, 6) is -1.06. The van der Waals surface area contributed by atoms with Crippen LogP contribution in [0.4, 0.5) is 5.13 Å². The molecule has 0 aliphatic heterocycles. The molecule has 1 aliphatic rings. The van der Waals surface area contributed by atoms with E-state index < -0.39 is 5.97 Å². The lowest BCUT2D eigenvalue weighted by Crippen LogP contribution is -2.15. The molecule has 0 spiro atoms. The molecule has 0 bridgehead atoms. The van der Waals surface area contributed by atoms with E-state index in [1.54, 1.807) is 5.38 Å². The van der Waals surface area contributed by atoms with Gasteiger partial charge in [-0.2, -0.15) is 0 Å². The number of rotatable bonds is 5. The summed E-state index contributed by atoms with van der Waals surface area (Å²) in [5.41, 5.74) is 4.23. The molecular weight excluding hydrogens is 312 g/mol. The van der Waals surface area contributed by atoms with Gasteiger partial charge in [0.1, 0.15) is 0 Å². The normalized spacial score (nSPS) is 13.4. The molecule has 23 heavy (non-hydrogen) atoms. The fourth-order valence-corrected chi connectivity index (χ4v) is 3.57. The highest BCUT2D eigenvalue weighted by molar-refractivity contribution is 7.13. The molecule has 5 nitrogen and oxygen atoms in total. The Bertz CT molecular complexity index is 739. The Kier molecular flexibility index (Phi) is 4.71. The number of nitrogens with zero attached hydrogens (tertiary/aromatic N) is 1. The minimum Gasteiger partial charge on any atom is -0.481 e. The number of carbonyl (C=O) groups is 2. The highest BCUT2D eigenvalue weighted by Gasteiger charge is 2.12. The summed E-state index contributed by atoms with van der Waals surface area (Å²) in [4.78, 5) is 26.9. The molecule has 120 valence electrons. The van der Waals surface area contributed by atoms with Crippen LogP contribution in [0.15, 0.2) is 23.6 Å². The van der Waals surface area contributed by atoms with Gasteiger partial charge in [-0.1, -0.05) is 18.2 Å². The first kappa shape index (κ1) is 15.7. The lowest BCUT2D eigenvalue weighted by Gasteiger charge is -2.16. The summed E-state index contributed by atoms with van der Waals surface area (Å²) >= 11 is 1.25. The number of aryl methyl sites for hydroxylation is 2. The molecule has 2 aromatic rings. The third kappa shape index (κ3) is 4.16. The van der Waals surface area contributed by atoms with Crippen molar-refractivity contribution >= 4 is 28.3 Å². The van der Waals surface area contributed by atoms with Crippen molar-refractivity contribution in [2.75, 3.05) is 5.32 Å². The fraction of sp³-hybridized carbons (Fsp3) is 0.353. The monoisotopic (exact) mass is 330 g/mol. The van der Waals surface area contributed by atoms with Gasteiger partial charge in [-0.05, 0) is 42.4 Å². The van der Waals surface area contributed by atoms with Crippen LogP contribution in [0, 0.1) is 0 Å². The smallest absolute Gasteiger partial charge is 0.309 e. The number of hydrogen-bond acceptors (Lipinski definition) is 4. The third-order valence-corrected chi connectivity index (χ3v) is 4.71. The van der Waals surface area contributed by atoms with Crippen molar-refractivity contribution in [1.29, 1.82) is 0 Å². The number of carboxylic acids is 1. The average molecular weight is 330 g/mol. The van der Waals surface area contributed by atoms with Crippen LogP contribution in [0.2, 0.25) is 0 Å². The number of amides is 1. The van der Waals surface area contributed by atoms with Crippen molar-refractivity contribution in [2.24, 2.45) is 0 Å². The maximum atomic E-state index is 12.1. The van der Waals surface area contributed by atoms with E-state index in [-0.39, 0.29) is 12.3 Å². The first-order valence-electron chi connectivity index (χ1n) is 7.67. The molecule has 1 aliphatic carbocycles. The van der Waals surface area contributed by atoms with E-state index in [1.165, 1.54) is 35.3 Å². The molecule has 1 aromatic carbocycles. The quantitative estimate of drug-likeness (QED) is 0.883. The highest BCUT2D eigenvalue weighted by Crippen LogP contribution is 2.23. The third-order valence-electron chi connectivity index (χ3n) is 3.91. The summed E-state index contributed by atoms with van der Waals surface area (Å²) in [6, 6.07) is 6.28. The van der Waals surface area contributed by atoms with Crippen LogP contribution < -0.4 is 5.32 Å². The highest BCUT2D eigenvalue weighted by atomic mass is 32.1. The largest absolute Gasteiger partial charge is 0.481 e. The zero-order chi connectivity index (χ0) is 16.2. The molecule has 3 rings (SSSR count). The standard InChI is InChI=1S/C17H18N2O3S/c20-15(19-17-18-14(10-23-17)9-16(21)22)8-11-5-6-12-3-1-2-4-13(12)7-11/h5-7,10H,1-4,8-9H2,(H,21,22)(H,18,19,20). The zero-order valence-corrected chi connectivity index (χ0v) is 13.5. The Morgan fingerprint density at radius 3 is 2.74 bits per heavy atom. The van der Waals surface area contributed by atoms with Gasteiger partial charge < -0.3 is 10.4 Å². The number of carboxylic acid groups (broad SMARTS) is 1. The minimum atomic E-state index is -0.928. The Balaban J connectivity index is 1.61. The maximum Gasteiger partial charge on any atom is 0.309 e. The molecule has 0 fully saturated rings. The van der Waals surface area contributed by atoms with Gasteiger partial charge >= 0.3 is 5.97 Å². The maximum absolute atomic E-state index is 12.1. The molecule has 6 heteroatoms. The van der Waals surface area contributed by atoms with Crippen molar-refractivity contribution in [1.82, 2.24) is 4.98 Å². The molecule has 0 unspecified atom stereocenters. The molecule has 2 N–H and O–H groups in total. The van der Waals surface area contributed by atoms with E-state index in [4.69, 9.17) is 5.11 Å². The second-order valence-corrected chi connectivity index (χ2v) is 6.61. The van der Waals surface area contributed by atoms with Gasteiger partial charge in [-0.3, -0.25) is 9.59 Å². The van der Waals surface area contributed by atoms with E-state index in [9.17, 15) is 9.59 Å². The topological polar surface area (TPSA) is 79.3 Å². The summed E-state index contributed by atoms with van der Waals surface area (Å²) in [6.45, 7) is 0. The molecule has 0 saturated carbocycles. The minimum absolute atomic E-state index is 0.128. The molecular formula is C17H18N2O3S. The average Bonchev–Trinajstić information content (AvgIpc) is 2.93. The van der Waals surface area contributed by atoms with E-state index in [0.29, 0.717) is 17.2 Å². The summed E-state index contributed by atoms with van der Waals surface area (Å²) in [5, 5.41) is 13.6. The SMILES string of the molecule is O=C(O)Cc1csc(NC(=O)Cc2ccc3c(c2)CCCC3)n1. The van der Waals surface area contributed by atoms with E-state index in [0.717, 1.165) is 18.4 Å². The number of anilines is 1. The molecule has 1 aromatic heterocycles. The van der Waals surface area contributed by atoms with Gasteiger partial charge in [-0.15, -0.1) is 11.3 Å². The molecule has 0 atom stereocenters. The van der Waals surface area contributed by atoms with Gasteiger partial charge in [-0.25, -0.2) is 4.98 Å². The fourth-order valence-electron chi connectivity index (χ4n) is 2.85. The predicted molar refractivity (Wildman–Crippen MR) is 88.9 cm³/mol. The van der Waals surface area contributed by atoms with Gasteiger partial charge in [0.2, 0.25) is 5.91 Å². The zero-order valence-electron chi connectivity index (χ0n) is 12.7. The van der Waals surface area contributed by atoms with Crippen LogP contribution >= 0.6 is 11.3 Å². The number of nitrogens with one attached hydrogen (secondary N) is 1. The second-order valence-electron chi connectivity index (χ2n) is 5.75. The van der Waals surface area contributed by atoms with Crippen molar-refractivity contribution in [3.8, 4) is 0 Å². The van der Waals surface area contributed by atoms with Crippen LogP contribution in [-0.2, 0) is 35.3 Å². The Morgan fingerprint density at radius 2 is 1.96 bits per heavy atom. The van der Waals surface area contributed by atoms with E-state index >= 15 is 0 Å². The number of carbonyl (C=O) groups excluding carboxylic acids is 1. The Labute approximate surface area is 138 Å². The Morgan fingerprint density at radius 1 is 1.17 bits per heavy atom. The first-order chi connectivity index (χ1) is 11.1. The summed E-state index contributed by atoms with van der Waals surface area (Å²) in [7, 11) is 0. The lowest BCUT2D eigenvalue weighted by atomic mass is 9.90. The van der Waals surface area contributed by atoms with Crippen LogP contribution in [-0.4, -0.2) is 22.0 Å². The van der Waals surface area contributed by atoms with Crippen LogP contribution in [0.25, 0.3) is 0 Å². The van der Waals surface area contributed by atoms with Crippen molar-refractivity contribution < 1.29 is 14.7 Å². The van der Waals surface area contributed by atoms with Crippen molar-refractivity contribution in [3.63, 3.8) is 0 Å².